The minimum absolute atomic E-state index is 0.0387. The Labute approximate surface area is 246 Å². The van der Waals surface area contributed by atoms with Crippen molar-refractivity contribution < 1.29 is 24.0 Å². The molecule has 0 spiro atoms. The van der Waals surface area contributed by atoms with Gasteiger partial charge in [-0.1, -0.05) is 30.0 Å². The Bertz CT molecular complexity index is 1650. The summed E-state index contributed by atoms with van der Waals surface area (Å²) in [6.45, 7) is 5.33. The Hall–Kier alpha value is -4.91. The number of rotatable bonds is 11. The smallest absolute Gasteiger partial charge is 0.273 e. The molecule has 0 atom stereocenters. The number of hydrogen-bond donors (Lipinski definition) is 2. The van der Waals surface area contributed by atoms with E-state index in [0.717, 1.165) is 28.6 Å². The summed E-state index contributed by atoms with van der Waals surface area (Å²) >= 11 is 1.16. The van der Waals surface area contributed by atoms with Crippen LogP contribution < -0.4 is 20.1 Å². The van der Waals surface area contributed by atoms with E-state index in [2.05, 4.69) is 20.8 Å². The monoisotopic (exact) mass is 590 g/mol. The van der Waals surface area contributed by atoms with Gasteiger partial charge in [0.25, 0.3) is 11.6 Å². The van der Waals surface area contributed by atoms with Crippen LogP contribution in [0.5, 0.6) is 11.5 Å². The van der Waals surface area contributed by atoms with E-state index >= 15 is 0 Å². The van der Waals surface area contributed by atoms with Gasteiger partial charge in [-0.15, -0.1) is 10.2 Å². The van der Waals surface area contributed by atoms with Gasteiger partial charge in [-0.25, -0.2) is 0 Å². The van der Waals surface area contributed by atoms with Gasteiger partial charge in [0.1, 0.15) is 11.5 Å². The average Bonchev–Trinajstić information content (AvgIpc) is 3.38. The van der Waals surface area contributed by atoms with Crippen LogP contribution in [0.25, 0.3) is 5.69 Å². The van der Waals surface area contributed by atoms with E-state index in [0.29, 0.717) is 28.2 Å². The van der Waals surface area contributed by atoms with Crippen molar-refractivity contribution in [3.05, 3.63) is 92.8 Å². The molecule has 0 bridgehead atoms. The predicted octanol–water partition coefficient (Wildman–Crippen LogP) is 4.78. The minimum atomic E-state index is -0.530. The van der Waals surface area contributed by atoms with E-state index in [1.165, 1.54) is 39.3 Å². The second-order valence-corrected chi connectivity index (χ2v) is 10.3. The maximum absolute atomic E-state index is 13.0. The van der Waals surface area contributed by atoms with Crippen LogP contribution in [-0.2, 0) is 11.3 Å². The topological polar surface area (TPSA) is 151 Å². The number of aromatic nitrogens is 3. The molecule has 0 aliphatic heterocycles. The van der Waals surface area contributed by atoms with Crippen LogP contribution in [0.4, 0.5) is 11.4 Å². The highest BCUT2D eigenvalue weighted by molar-refractivity contribution is 7.99. The Morgan fingerprint density at radius 1 is 1.02 bits per heavy atom. The lowest BCUT2D eigenvalue weighted by atomic mass is 10.1. The number of ether oxygens (including phenoxy) is 2. The predicted molar refractivity (Wildman–Crippen MR) is 159 cm³/mol. The Kier molecular flexibility index (Phi) is 9.42. The zero-order chi connectivity index (χ0) is 30.4. The van der Waals surface area contributed by atoms with E-state index in [-0.39, 0.29) is 35.0 Å². The fraction of sp³-hybridized carbons (Fsp3) is 0.241. The number of anilines is 1. The van der Waals surface area contributed by atoms with Crippen LogP contribution >= 0.6 is 11.8 Å². The Morgan fingerprint density at radius 3 is 2.52 bits per heavy atom. The van der Waals surface area contributed by atoms with Gasteiger partial charge in [0.05, 0.1) is 37.1 Å². The third-order valence-electron chi connectivity index (χ3n) is 6.48. The number of carbonyl (C=O) groups is 2. The number of methoxy groups -OCH3 is 2. The highest BCUT2D eigenvalue weighted by Gasteiger charge is 2.22. The van der Waals surface area contributed by atoms with Crippen LogP contribution in [0.3, 0.4) is 0 Å². The van der Waals surface area contributed by atoms with E-state index in [9.17, 15) is 19.7 Å². The minimum Gasteiger partial charge on any atom is -0.497 e. The molecule has 12 nitrogen and oxygen atoms in total. The van der Waals surface area contributed by atoms with E-state index in [1.807, 2.05) is 32.0 Å². The number of aryl methyl sites for hydroxylation is 2. The first-order valence-electron chi connectivity index (χ1n) is 12.8. The SMILES string of the molecule is COc1ccc(OC)c(-n2c(CNC(=O)c3cccc([N+](=O)[O-])c3C)nnc2SCC(=O)Nc2cc(C)ccc2C)c1. The van der Waals surface area contributed by atoms with Crippen molar-refractivity contribution in [2.75, 3.05) is 25.3 Å². The first-order valence-corrected chi connectivity index (χ1v) is 13.8. The highest BCUT2D eigenvalue weighted by Crippen LogP contribution is 2.32. The number of nitrogens with zero attached hydrogens (tertiary/aromatic N) is 4. The van der Waals surface area contributed by atoms with Crippen molar-refractivity contribution in [1.29, 1.82) is 0 Å². The molecular formula is C29H30N6O6S. The quantitative estimate of drug-likeness (QED) is 0.143. The standard InChI is InChI=1S/C29H30N6O6S/c1-17-9-10-18(2)22(13-17)31-27(36)16-42-29-33-32-26(34(29)24-14-20(40-4)11-12-25(24)41-5)15-30-28(37)21-7-6-8-23(19(21)3)35(38)39/h6-14H,15-16H2,1-5H3,(H,30,37)(H,31,36). The van der Waals surface area contributed by atoms with Crippen LogP contribution in [-0.4, -0.2) is 51.5 Å². The molecule has 4 aromatic rings. The van der Waals surface area contributed by atoms with Gasteiger partial charge in [0.2, 0.25) is 5.91 Å². The summed E-state index contributed by atoms with van der Waals surface area (Å²) in [5.41, 5.74) is 3.52. The molecule has 4 rings (SSSR count). The normalized spacial score (nSPS) is 10.7. The number of amides is 2. The molecule has 0 aliphatic rings. The van der Waals surface area contributed by atoms with Crippen LogP contribution in [0.2, 0.25) is 0 Å². The van der Waals surface area contributed by atoms with Gasteiger partial charge in [-0.2, -0.15) is 0 Å². The molecule has 13 heteroatoms. The number of nitro groups is 1. The van der Waals surface area contributed by atoms with Crippen LogP contribution in [0.15, 0.2) is 59.8 Å². The molecule has 0 saturated heterocycles. The van der Waals surface area contributed by atoms with Crippen molar-refractivity contribution in [1.82, 2.24) is 20.1 Å². The van der Waals surface area contributed by atoms with Crippen molar-refractivity contribution in [3.8, 4) is 17.2 Å². The van der Waals surface area contributed by atoms with Crippen LogP contribution in [0.1, 0.15) is 32.9 Å². The Morgan fingerprint density at radius 2 is 1.81 bits per heavy atom. The summed E-state index contributed by atoms with van der Waals surface area (Å²) < 4.78 is 12.7. The lowest BCUT2D eigenvalue weighted by molar-refractivity contribution is -0.385. The molecule has 1 heterocycles. The second-order valence-electron chi connectivity index (χ2n) is 9.32. The van der Waals surface area contributed by atoms with Crippen molar-refractivity contribution >= 4 is 35.0 Å². The highest BCUT2D eigenvalue weighted by atomic mass is 32.2. The lowest BCUT2D eigenvalue weighted by Gasteiger charge is -2.16. The number of nitrogens with one attached hydrogen (secondary N) is 2. The molecular weight excluding hydrogens is 560 g/mol. The second kappa shape index (κ2) is 13.2. The molecule has 1 aromatic heterocycles. The van der Waals surface area contributed by atoms with Crippen molar-refractivity contribution in [2.45, 2.75) is 32.5 Å². The fourth-order valence-electron chi connectivity index (χ4n) is 4.23. The number of benzene rings is 3. The van der Waals surface area contributed by atoms with E-state index < -0.39 is 10.8 Å². The number of nitro benzene ring substituents is 1. The fourth-order valence-corrected chi connectivity index (χ4v) is 4.99. The molecule has 0 fully saturated rings. The summed E-state index contributed by atoms with van der Waals surface area (Å²) in [7, 11) is 3.06. The van der Waals surface area contributed by atoms with Crippen molar-refractivity contribution in [3.63, 3.8) is 0 Å². The maximum Gasteiger partial charge on any atom is 0.273 e. The van der Waals surface area contributed by atoms with Gasteiger partial charge >= 0.3 is 0 Å². The summed E-state index contributed by atoms with van der Waals surface area (Å²) in [5.74, 6) is 0.680. The maximum atomic E-state index is 13.0. The molecule has 0 radical (unpaired) electrons. The van der Waals surface area contributed by atoms with Gasteiger partial charge in [-0.3, -0.25) is 24.3 Å². The zero-order valence-electron chi connectivity index (χ0n) is 23.8. The molecule has 0 saturated carbocycles. The number of carbonyl (C=O) groups excluding carboxylic acids is 2. The van der Waals surface area contributed by atoms with Gasteiger partial charge in [0, 0.05) is 28.9 Å². The van der Waals surface area contributed by atoms with Gasteiger partial charge in [-0.05, 0) is 56.2 Å². The Balaban J connectivity index is 1.62. The van der Waals surface area contributed by atoms with Gasteiger partial charge < -0.3 is 20.1 Å². The molecule has 0 unspecified atom stereocenters. The summed E-state index contributed by atoms with van der Waals surface area (Å²) in [4.78, 5) is 36.7. The third kappa shape index (κ3) is 6.69. The largest absolute Gasteiger partial charge is 0.497 e. The summed E-state index contributed by atoms with van der Waals surface area (Å²) in [6.07, 6.45) is 0. The molecule has 3 aromatic carbocycles. The summed E-state index contributed by atoms with van der Waals surface area (Å²) in [5, 5.41) is 26.0. The average molecular weight is 591 g/mol. The lowest BCUT2D eigenvalue weighted by Crippen LogP contribution is -2.25. The molecule has 42 heavy (non-hydrogen) atoms. The molecule has 0 aliphatic carbocycles. The number of thioether (sulfide) groups is 1. The zero-order valence-corrected chi connectivity index (χ0v) is 24.6. The first-order chi connectivity index (χ1) is 20.1. The number of hydrogen-bond acceptors (Lipinski definition) is 9. The molecule has 2 N–H and O–H groups in total. The van der Waals surface area contributed by atoms with E-state index in [1.54, 1.807) is 22.8 Å². The van der Waals surface area contributed by atoms with Crippen molar-refractivity contribution in [2.24, 2.45) is 0 Å². The molecule has 218 valence electrons. The summed E-state index contributed by atoms with van der Waals surface area (Å²) in [6, 6.07) is 15.4. The molecule has 2 amide bonds. The van der Waals surface area contributed by atoms with Gasteiger partial charge in [0.15, 0.2) is 11.0 Å². The van der Waals surface area contributed by atoms with E-state index in [4.69, 9.17) is 9.47 Å². The van der Waals surface area contributed by atoms with Crippen LogP contribution in [0, 0.1) is 30.9 Å². The third-order valence-corrected chi connectivity index (χ3v) is 7.41. The first kappa shape index (κ1) is 30.1.